The molecule has 2 aromatic carbocycles. The molecule has 2 rings (SSSR count). The molecule has 0 spiro atoms. The Bertz CT molecular complexity index is 613. The summed E-state index contributed by atoms with van der Waals surface area (Å²) in [5, 5.41) is 6.46. The fourth-order valence-electron chi connectivity index (χ4n) is 2.33. The van der Waals surface area contributed by atoms with Crippen LogP contribution >= 0.6 is 11.6 Å². The molecule has 0 bridgehead atoms. The summed E-state index contributed by atoms with van der Waals surface area (Å²) < 4.78 is 0. The van der Waals surface area contributed by atoms with E-state index in [0.29, 0.717) is 16.6 Å². The maximum atomic E-state index is 12.2. The van der Waals surface area contributed by atoms with Crippen LogP contribution in [0.15, 0.2) is 54.6 Å². The third-order valence-electron chi connectivity index (χ3n) is 3.30. The van der Waals surface area contributed by atoms with Gasteiger partial charge in [-0.2, -0.15) is 0 Å². The van der Waals surface area contributed by atoms with Crippen LogP contribution in [-0.4, -0.2) is 6.03 Å². The number of benzene rings is 2. The number of rotatable bonds is 5. The van der Waals surface area contributed by atoms with Crippen molar-refractivity contribution >= 4 is 23.3 Å². The summed E-state index contributed by atoms with van der Waals surface area (Å²) in [5.41, 5.74) is 1.79. The molecule has 3 nitrogen and oxygen atoms in total. The van der Waals surface area contributed by atoms with Gasteiger partial charge in [0.15, 0.2) is 0 Å². The summed E-state index contributed by atoms with van der Waals surface area (Å²) in [5.74, 6) is 0.483. The van der Waals surface area contributed by atoms with Crippen molar-refractivity contribution in [1.82, 2.24) is 5.32 Å². The van der Waals surface area contributed by atoms with Gasteiger partial charge in [0.25, 0.3) is 0 Å². The molecule has 2 amide bonds. The zero-order valence-corrected chi connectivity index (χ0v) is 13.6. The van der Waals surface area contributed by atoms with E-state index < -0.39 is 0 Å². The fraction of sp³-hybridized carbons (Fsp3) is 0.278. The van der Waals surface area contributed by atoms with Crippen molar-refractivity contribution in [3.8, 4) is 0 Å². The SMILES string of the molecule is CC(C)C[C@H](NC(=O)Nc1cccc(Cl)c1)c1ccccc1. The highest BCUT2D eigenvalue weighted by Gasteiger charge is 2.16. The molecule has 0 aliphatic carbocycles. The van der Waals surface area contributed by atoms with E-state index in [4.69, 9.17) is 11.6 Å². The number of hydrogen-bond acceptors (Lipinski definition) is 1. The number of amides is 2. The smallest absolute Gasteiger partial charge is 0.319 e. The third kappa shape index (κ3) is 5.08. The topological polar surface area (TPSA) is 41.1 Å². The Hall–Kier alpha value is -2.00. The number of hydrogen-bond donors (Lipinski definition) is 2. The van der Waals surface area contributed by atoms with E-state index in [1.165, 1.54) is 0 Å². The van der Waals surface area contributed by atoms with Gasteiger partial charge in [-0.05, 0) is 36.1 Å². The Kier molecular flexibility index (Phi) is 5.84. The van der Waals surface area contributed by atoms with Crippen LogP contribution in [0.5, 0.6) is 0 Å². The van der Waals surface area contributed by atoms with Gasteiger partial charge in [0.1, 0.15) is 0 Å². The largest absolute Gasteiger partial charge is 0.331 e. The van der Waals surface area contributed by atoms with Crippen LogP contribution in [0.2, 0.25) is 5.02 Å². The lowest BCUT2D eigenvalue weighted by Gasteiger charge is -2.21. The van der Waals surface area contributed by atoms with Crippen LogP contribution in [0, 0.1) is 5.92 Å². The monoisotopic (exact) mass is 316 g/mol. The van der Waals surface area contributed by atoms with Crippen molar-refractivity contribution in [2.45, 2.75) is 26.3 Å². The van der Waals surface area contributed by atoms with Crippen molar-refractivity contribution in [3.05, 3.63) is 65.2 Å². The van der Waals surface area contributed by atoms with E-state index in [-0.39, 0.29) is 12.1 Å². The number of halogens is 1. The summed E-state index contributed by atoms with van der Waals surface area (Å²) in [6.07, 6.45) is 0.882. The Morgan fingerprint density at radius 2 is 1.82 bits per heavy atom. The van der Waals surface area contributed by atoms with Gasteiger partial charge in [-0.15, -0.1) is 0 Å². The van der Waals surface area contributed by atoms with Gasteiger partial charge in [-0.3, -0.25) is 0 Å². The average Bonchev–Trinajstić information content (AvgIpc) is 2.47. The molecule has 0 heterocycles. The molecular weight excluding hydrogens is 296 g/mol. The highest BCUT2D eigenvalue weighted by atomic mass is 35.5. The van der Waals surface area contributed by atoms with Crippen LogP contribution in [-0.2, 0) is 0 Å². The average molecular weight is 317 g/mol. The quantitative estimate of drug-likeness (QED) is 0.777. The van der Waals surface area contributed by atoms with Gasteiger partial charge in [0, 0.05) is 10.7 Å². The minimum atomic E-state index is -0.225. The molecule has 0 aliphatic rings. The molecule has 2 aromatic rings. The first-order chi connectivity index (χ1) is 10.5. The molecule has 0 aliphatic heterocycles. The Labute approximate surface area is 136 Å². The third-order valence-corrected chi connectivity index (χ3v) is 3.53. The maximum Gasteiger partial charge on any atom is 0.319 e. The van der Waals surface area contributed by atoms with E-state index >= 15 is 0 Å². The predicted molar refractivity (Wildman–Crippen MR) is 92.2 cm³/mol. The molecule has 2 N–H and O–H groups in total. The predicted octanol–water partition coefficient (Wildman–Crippen LogP) is 5.25. The summed E-state index contributed by atoms with van der Waals surface area (Å²) in [7, 11) is 0. The Balaban J connectivity index is 2.05. The van der Waals surface area contributed by atoms with Gasteiger partial charge < -0.3 is 10.6 Å². The van der Waals surface area contributed by atoms with Crippen molar-refractivity contribution < 1.29 is 4.79 Å². The van der Waals surface area contributed by atoms with Crippen LogP contribution in [0.25, 0.3) is 0 Å². The van der Waals surface area contributed by atoms with Gasteiger partial charge >= 0.3 is 6.03 Å². The first-order valence-corrected chi connectivity index (χ1v) is 7.80. The highest BCUT2D eigenvalue weighted by Crippen LogP contribution is 2.21. The zero-order chi connectivity index (χ0) is 15.9. The number of carbonyl (C=O) groups excluding carboxylic acids is 1. The van der Waals surface area contributed by atoms with E-state index in [9.17, 15) is 4.79 Å². The maximum absolute atomic E-state index is 12.2. The number of anilines is 1. The highest BCUT2D eigenvalue weighted by molar-refractivity contribution is 6.30. The second-order valence-electron chi connectivity index (χ2n) is 5.70. The molecule has 1 atom stereocenters. The number of nitrogens with one attached hydrogen (secondary N) is 2. The van der Waals surface area contributed by atoms with Crippen molar-refractivity contribution in [2.75, 3.05) is 5.32 Å². The second-order valence-corrected chi connectivity index (χ2v) is 6.14. The molecule has 0 unspecified atom stereocenters. The molecule has 0 saturated carbocycles. The van der Waals surface area contributed by atoms with Crippen LogP contribution in [0.1, 0.15) is 31.9 Å². The van der Waals surface area contributed by atoms with E-state index in [1.807, 2.05) is 36.4 Å². The van der Waals surface area contributed by atoms with Crippen molar-refractivity contribution in [2.24, 2.45) is 5.92 Å². The summed E-state index contributed by atoms with van der Waals surface area (Å²) in [4.78, 5) is 12.2. The standard InChI is InChI=1S/C18H21ClN2O/c1-13(2)11-17(14-7-4-3-5-8-14)21-18(22)20-16-10-6-9-15(19)12-16/h3-10,12-13,17H,11H2,1-2H3,(H2,20,21,22)/t17-/m0/s1. The van der Waals surface area contributed by atoms with Crippen LogP contribution < -0.4 is 10.6 Å². The molecule has 116 valence electrons. The van der Waals surface area contributed by atoms with Gasteiger partial charge in [-0.1, -0.05) is 61.8 Å². The minimum Gasteiger partial charge on any atom is -0.331 e. The Morgan fingerprint density at radius 1 is 1.09 bits per heavy atom. The van der Waals surface area contributed by atoms with Crippen molar-refractivity contribution in [1.29, 1.82) is 0 Å². The first kappa shape index (κ1) is 16.4. The molecule has 4 heteroatoms. The number of carbonyl (C=O) groups is 1. The van der Waals surface area contributed by atoms with E-state index in [1.54, 1.807) is 18.2 Å². The molecule has 0 aromatic heterocycles. The normalized spacial score (nSPS) is 12.0. The molecule has 22 heavy (non-hydrogen) atoms. The summed E-state index contributed by atoms with van der Waals surface area (Å²) in [6, 6.07) is 16.9. The molecule has 0 saturated heterocycles. The van der Waals surface area contributed by atoms with Crippen molar-refractivity contribution in [3.63, 3.8) is 0 Å². The lowest BCUT2D eigenvalue weighted by molar-refractivity contribution is 0.246. The van der Waals surface area contributed by atoms with Crippen LogP contribution in [0.3, 0.4) is 0 Å². The molecule has 0 fully saturated rings. The second kappa shape index (κ2) is 7.85. The zero-order valence-electron chi connectivity index (χ0n) is 12.8. The minimum absolute atomic E-state index is 0.0135. The van der Waals surface area contributed by atoms with Gasteiger partial charge in [-0.25, -0.2) is 4.79 Å². The summed E-state index contributed by atoms with van der Waals surface area (Å²) in [6.45, 7) is 4.29. The molecular formula is C18H21ClN2O. The van der Waals surface area contributed by atoms with Gasteiger partial charge in [0.05, 0.1) is 6.04 Å². The van der Waals surface area contributed by atoms with Crippen LogP contribution in [0.4, 0.5) is 10.5 Å². The Morgan fingerprint density at radius 3 is 2.45 bits per heavy atom. The fourth-order valence-corrected chi connectivity index (χ4v) is 2.52. The molecule has 0 radical (unpaired) electrons. The number of urea groups is 1. The lowest BCUT2D eigenvalue weighted by Crippen LogP contribution is -2.33. The lowest BCUT2D eigenvalue weighted by atomic mass is 9.97. The van der Waals surface area contributed by atoms with E-state index in [0.717, 1.165) is 12.0 Å². The van der Waals surface area contributed by atoms with E-state index in [2.05, 4.69) is 24.5 Å². The summed E-state index contributed by atoms with van der Waals surface area (Å²) >= 11 is 5.93. The first-order valence-electron chi connectivity index (χ1n) is 7.42. The van der Waals surface area contributed by atoms with Gasteiger partial charge in [0.2, 0.25) is 0 Å².